The van der Waals surface area contributed by atoms with Crippen molar-refractivity contribution in [3.63, 3.8) is 0 Å². The Morgan fingerprint density at radius 2 is 1.39 bits per heavy atom. The van der Waals surface area contributed by atoms with Gasteiger partial charge in [0.05, 0.1) is 25.7 Å². The molecule has 0 heterocycles. The molecule has 0 aromatic heterocycles. The average Bonchev–Trinajstić information content (AvgIpc) is 3.57. The monoisotopic (exact) mass is 612 g/mol. The highest BCUT2D eigenvalue weighted by atomic mass is 28.4. The van der Waals surface area contributed by atoms with Gasteiger partial charge in [-0.1, -0.05) is 82.1 Å². The summed E-state index contributed by atoms with van der Waals surface area (Å²) >= 11 is 0. The van der Waals surface area contributed by atoms with Crippen LogP contribution in [0.5, 0.6) is 0 Å². The Morgan fingerprint density at radius 3 is 1.85 bits per heavy atom. The Bertz CT molecular complexity index is 883. The Hall–Kier alpha value is -0.836. The van der Waals surface area contributed by atoms with Gasteiger partial charge < -0.3 is 18.4 Å². The molecule has 8 heteroatoms. The van der Waals surface area contributed by atoms with E-state index in [0.29, 0.717) is 18.3 Å². The molecule has 6 nitrogen and oxygen atoms in total. The fourth-order valence-electron chi connectivity index (χ4n) is 5.28. The van der Waals surface area contributed by atoms with Crippen LogP contribution in [0.25, 0.3) is 0 Å². The van der Waals surface area contributed by atoms with E-state index in [2.05, 4.69) is 74.7 Å². The van der Waals surface area contributed by atoms with E-state index >= 15 is 0 Å². The summed E-state index contributed by atoms with van der Waals surface area (Å²) in [5, 5.41) is -0.0565. The summed E-state index contributed by atoms with van der Waals surface area (Å²) in [5.74, 6) is 0.780. The minimum atomic E-state index is -2.29. The number of rotatable bonds is 17. The second-order valence-electron chi connectivity index (χ2n) is 16.4. The van der Waals surface area contributed by atoms with Crippen molar-refractivity contribution in [1.29, 1.82) is 0 Å². The lowest BCUT2D eigenvalue weighted by molar-refractivity contribution is -0.148. The first-order valence-corrected chi connectivity index (χ1v) is 21.6. The Balaban J connectivity index is 3.29. The van der Waals surface area contributed by atoms with Crippen LogP contribution < -0.4 is 0 Å². The Kier molecular flexibility index (Phi) is 13.3. The molecule has 0 aromatic carbocycles. The van der Waals surface area contributed by atoms with Crippen molar-refractivity contribution in [3.05, 3.63) is 0 Å². The topological polar surface area (TPSA) is 78.9 Å². The van der Waals surface area contributed by atoms with Crippen molar-refractivity contribution in [1.82, 2.24) is 0 Å². The van der Waals surface area contributed by atoms with Crippen LogP contribution in [-0.2, 0) is 28.0 Å². The van der Waals surface area contributed by atoms with Crippen LogP contribution in [0, 0.1) is 29.1 Å². The molecular formula is C33H64O6Si2. The van der Waals surface area contributed by atoms with Crippen LogP contribution >= 0.6 is 0 Å². The lowest BCUT2D eigenvalue weighted by Crippen LogP contribution is -2.54. The highest BCUT2D eigenvalue weighted by Crippen LogP contribution is 2.46. The second-order valence-corrected chi connectivity index (χ2v) is 25.9. The van der Waals surface area contributed by atoms with Gasteiger partial charge in [0, 0.05) is 17.8 Å². The number of aldehydes is 1. The average molecular weight is 613 g/mol. The van der Waals surface area contributed by atoms with Crippen LogP contribution in [0.1, 0.15) is 108 Å². The number of Topliss-reactive ketones (excluding diaryl/α,β-unsaturated/α-hetero) is 1. The molecule has 0 spiro atoms. The van der Waals surface area contributed by atoms with Crippen molar-refractivity contribution < 1.29 is 28.0 Å². The first kappa shape index (κ1) is 38.2. The largest absolute Gasteiger partial charge is 0.469 e. The molecule has 1 saturated carbocycles. The molecule has 0 bridgehead atoms. The zero-order chi connectivity index (χ0) is 32.2. The summed E-state index contributed by atoms with van der Waals surface area (Å²) < 4.78 is 18.9. The molecule has 0 amide bonds. The molecule has 1 fully saturated rings. The van der Waals surface area contributed by atoms with Gasteiger partial charge in [-0.2, -0.15) is 0 Å². The van der Waals surface area contributed by atoms with E-state index in [1.165, 1.54) is 7.11 Å². The van der Waals surface area contributed by atoms with E-state index in [0.717, 1.165) is 32.0 Å². The Labute approximate surface area is 254 Å². The summed E-state index contributed by atoms with van der Waals surface area (Å²) in [6, 6.07) is 0. The first-order valence-electron chi connectivity index (χ1n) is 15.8. The maximum absolute atomic E-state index is 14.5. The predicted octanol–water partition coefficient (Wildman–Crippen LogP) is 8.59. The van der Waals surface area contributed by atoms with Gasteiger partial charge in [-0.3, -0.25) is 9.59 Å². The summed E-state index contributed by atoms with van der Waals surface area (Å²) in [6.45, 7) is 30.1. The van der Waals surface area contributed by atoms with Crippen molar-refractivity contribution >= 4 is 34.7 Å². The molecule has 0 saturated heterocycles. The molecule has 0 aliphatic heterocycles. The van der Waals surface area contributed by atoms with E-state index in [1.807, 2.05) is 20.8 Å². The Morgan fingerprint density at radius 1 is 0.878 bits per heavy atom. The van der Waals surface area contributed by atoms with E-state index in [1.54, 1.807) is 0 Å². The van der Waals surface area contributed by atoms with Crippen molar-refractivity contribution in [2.24, 2.45) is 29.1 Å². The molecule has 240 valence electrons. The zero-order valence-electron chi connectivity index (χ0n) is 29.2. The van der Waals surface area contributed by atoms with Gasteiger partial charge >= 0.3 is 5.97 Å². The van der Waals surface area contributed by atoms with Crippen LogP contribution in [0.3, 0.4) is 0 Å². The van der Waals surface area contributed by atoms with Crippen molar-refractivity contribution in [3.8, 4) is 0 Å². The normalized spacial score (nSPS) is 21.5. The molecule has 0 aromatic rings. The lowest BCUT2D eigenvalue weighted by atomic mass is 9.73. The summed E-state index contributed by atoms with van der Waals surface area (Å²) in [5.41, 5.74) is -0.909. The van der Waals surface area contributed by atoms with E-state index in [9.17, 15) is 14.4 Å². The van der Waals surface area contributed by atoms with Gasteiger partial charge in [0.25, 0.3) is 0 Å². The zero-order valence-corrected chi connectivity index (χ0v) is 31.2. The quantitative estimate of drug-likeness (QED) is 0.0930. The molecule has 41 heavy (non-hydrogen) atoms. The molecule has 0 unspecified atom stereocenters. The highest BCUT2D eigenvalue weighted by Gasteiger charge is 2.50. The number of carbonyl (C=O) groups excluding carboxylic acids is 3. The van der Waals surface area contributed by atoms with Gasteiger partial charge in [0.2, 0.25) is 0 Å². The number of hydrogen-bond acceptors (Lipinski definition) is 6. The fraction of sp³-hybridized carbons (Fsp3) is 0.909. The minimum absolute atomic E-state index is 0.0121. The summed E-state index contributed by atoms with van der Waals surface area (Å²) in [4.78, 5) is 37.9. The molecule has 1 aliphatic rings. The van der Waals surface area contributed by atoms with Crippen molar-refractivity contribution in [2.45, 2.75) is 156 Å². The van der Waals surface area contributed by atoms with Gasteiger partial charge in [-0.25, -0.2) is 0 Å². The minimum Gasteiger partial charge on any atom is -0.469 e. The van der Waals surface area contributed by atoms with Gasteiger partial charge in [-0.05, 0) is 66.9 Å². The molecular weight excluding hydrogens is 549 g/mol. The van der Waals surface area contributed by atoms with Gasteiger partial charge in [-0.15, -0.1) is 0 Å². The predicted molar refractivity (Wildman–Crippen MR) is 174 cm³/mol. The number of esters is 1. The smallest absolute Gasteiger partial charge is 0.308 e. The molecule has 1 aliphatic carbocycles. The van der Waals surface area contributed by atoms with E-state index < -0.39 is 28.2 Å². The molecule has 6 atom stereocenters. The maximum Gasteiger partial charge on any atom is 0.308 e. The second kappa shape index (κ2) is 14.3. The summed E-state index contributed by atoms with van der Waals surface area (Å²) in [7, 11) is -3.09. The standard InChI is InChI=1S/C33H64O6Si2/c1-23(17-16-18-25-21-26(25)19-20-34)29(39-41(14,15)32(6,7)8)24(2)30(36)33(9,10)27(22-28(35)37-11)38-40(12,13)31(3,4)5/h20,23-27,29H,16-19,21-22H2,1-15H3/t23-,24+,25-,26+,27-,29-/m0/s1. The fourth-order valence-corrected chi connectivity index (χ4v) is 8.19. The van der Waals surface area contributed by atoms with E-state index in [4.69, 9.17) is 13.6 Å². The van der Waals surface area contributed by atoms with Gasteiger partial charge in [0.15, 0.2) is 16.6 Å². The van der Waals surface area contributed by atoms with Crippen LogP contribution in [0.15, 0.2) is 0 Å². The number of ketones is 1. The third-order valence-electron chi connectivity index (χ3n) is 10.7. The number of hydrogen-bond donors (Lipinski definition) is 0. The van der Waals surface area contributed by atoms with Crippen LogP contribution in [0.2, 0.25) is 36.3 Å². The van der Waals surface area contributed by atoms with Gasteiger partial charge in [0.1, 0.15) is 12.1 Å². The summed E-state index contributed by atoms with van der Waals surface area (Å²) in [6.07, 6.45) is 5.31. The maximum atomic E-state index is 14.5. The lowest BCUT2D eigenvalue weighted by Gasteiger charge is -2.46. The first-order chi connectivity index (χ1) is 18.4. The number of methoxy groups -OCH3 is 1. The molecule has 0 N–H and O–H groups in total. The molecule has 1 rings (SSSR count). The third kappa shape index (κ3) is 10.4. The number of carbonyl (C=O) groups is 3. The molecule has 0 radical (unpaired) electrons. The van der Waals surface area contributed by atoms with Crippen molar-refractivity contribution in [2.75, 3.05) is 7.11 Å². The van der Waals surface area contributed by atoms with Crippen LogP contribution in [-0.4, -0.2) is 54.0 Å². The van der Waals surface area contributed by atoms with E-state index in [-0.39, 0.29) is 46.2 Å². The number of ether oxygens (including phenoxy) is 1. The highest BCUT2D eigenvalue weighted by molar-refractivity contribution is 6.74. The SMILES string of the molecule is COC(=O)C[C@H](O[Si](C)(C)C(C)(C)C)C(C)(C)C(=O)[C@H](C)[C@@H](O[Si](C)(C)C(C)(C)C)[C@@H](C)CCC[C@H]1C[C@H]1CC=O. The third-order valence-corrected chi connectivity index (χ3v) is 19.6. The van der Waals surface area contributed by atoms with Crippen LogP contribution in [0.4, 0.5) is 0 Å².